The monoisotopic (exact) mass is 513 g/mol. The van der Waals surface area contributed by atoms with Crippen molar-refractivity contribution in [1.82, 2.24) is 0 Å². The summed E-state index contributed by atoms with van der Waals surface area (Å²) in [6.07, 6.45) is 1.64. The molecule has 0 N–H and O–H groups in total. The third-order valence-electron chi connectivity index (χ3n) is 3.25. The lowest BCUT2D eigenvalue weighted by Crippen LogP contribution is -2.05. The summed E-state index contributed by atoms with van der Waals surface area (Å²) >= 11 is 10.2. The van der Waals surface area contributed by atoms with E-state index in [1.807, 2.05) is 36.4 Å². The number of ether oxygens (including phenoxy) is 2. The fraction of sp³-hybridized carbons (Fsp3) is 0.0588. The molecule has 0 atom stereocenters. The van der Waals surface area contributed by atoms with Crippen LogP contribution in [0.15, 0.2) is 60.5 Å². The predicted octanol–water partition coefficient (Wildman–Crippen LogP) is 5.33. The quantitative estimate of drug-likeness (QED) is 0.410. The normalized spacial score (nSPS) is 15.4. The van der Waals surface area contributed by atoms with Crippen LogP contribution in [-0.2, 0) is 9.53 Å². The second-order valence-electron chi connectivity index (χ2n) is 4.85. The maximum Gasteiger partial charge on any atom is 0.363 e. The smallest absolute Gasteiger partial charge is 0.363 e. The second kappa shape index (κ2) is 7.21. The van der Waals surface area contributed by atoms with E-state index in [0.29, 0.717) is 11.3 Å². The van der Waals surface area contributed by atoms with Gasteiger partial charge in [0.05, 0.1) is 11.6 Å². The number of carbonyl (C=O) groups is 1. The first-order valence-corrected chi connectivity index (χ1v) is 9.17. The van der Waals surface area contributed by atoms with Crippen molar-refractivity contribution in [2.45, 2.75) is 0 Å². The standard InChI is InChI=1S/C17H10Br3NO3/c1-23-15-10(6-12(19)8-13(15)20)7-14-17(22)24-16(21-14)9-2-4-11(18)5-3-9/h2-8H,1H3/b14-7-. The number of hydrogen-bond donors (Lipinski definition) is 0. The van der Waals surface area contributed by atoms with Crippen LogP contribution >= 0.6 is 47.8 Å². The molecule has 1 aliphatic heterocycles. The van der Waals surface area contributed by atoms with Gasteiger partial charge in [-0.3, -0.25) is 0 Å². The molecule has 7 heteroatoms. The Labute approximate surface area is 164 Å². The van der Waals surface area contributed by atoms with Crippen LogP contribution in [0.2, 0.25) is 0 Å². The molecule has 2 aromatic rings. The second-order valence-corrected chi connectivity index (χ2v) is 7.54. The van der Waals surface area contributed by atoms with Crippen LogP contribution in [0.25, 0.3) is 6.08 Å². The van der Waals surface area contributed by atoms with Gasteiger partial charge in [-0.05, 0) is 58.4 Å². The number of aliphatic imine (C=N–C) groups is 1. The number of esters is 1. The Hall–Kier alpha value is -1.44. The summed E-state index contributed by atoms with van der Waals surface area (Å²) in [5.74, 6) is 0.406. The fourth-order valence-corrected chi connectivity index (χ4v) is 3.86. The van der Waals surface area contributed by atoms with Gasteiger partial charge in [-0.2, -0.15) is 0 Å². The summed E-state index contributed by atoms with van der Waals surface area (Å²) in [6.45, 7) is 0. The highest BCUT2D eigenvalue weighted by Crippen LogP contribution is 2.34. The largest absolute Gasteiger partial charge is 0.495 e. The van der Waals surface area contributed by atoms with E-state index in [2.05, 4.69) is 52.8 Å². The number of halogens is 3. The topological polar surface area (TPSA) is 47.9 Å². The number of methoxy groups -OCH3 is 1. The number of hydrogen-bond acceptors (Lipinski definition) is 4. The van der Waals surface area contributed by atoms with Crippen molar-refractivity contribution in [3.8, 4) is 5.75 Å². The molecule has 0 aliphatic carbocycles. The van der Waals surface area contributed by atoms with Crippen LogP contribution in [0.4, 0.5) is 0 Å². The van der Waals surface area contributed by atoms with E-state index in [1.165, 1.54) is 0 Å². The van der Waals surface area contributed by atoms with Crippen LogP contribution < -0.4 is 4.74 Å². The minimum absolute atomic E-state index is 0.219. The van der Waals surface area contributed by atoms with Gasteiger partial charge in [0.1, 0.15) is 5.75 Å². The zero-order valence-electron chi connectivity index (χ0n) is 12.3. The van der Waals surface area contributed by atoms with E-state index in [4.69, 9.17) is 9.47 Å². The van der Waals surface area contributed by atoms with Crippen molar-refractivity contribution >= 4 is 65.7 Å². The van der Waals surface area contributed by atoms with Gasteiger partial charge in [0.15, 0.2) is 5.70 Å². The summed E-state index contributed by atoms with van der Waals surface area (Å²) in [4.78, 5) is 16.4. The van der Waals surface area contributed by atoms with Crippen LogP contribution in [0.5, 0.6) is 5.75 Å². The first-order valence-electron chi connectivity index (χ1n) is 6.79. The lowest BCUT2D eigenvalue weighted by atomic mass is 10.1. The number of rotatable bonds is 3. The lowest BCUT2D eigenvalue weighted by Gasteiger charge is -2.08. The summed E-state index contributed by atoms with van der Waals surface area (Å²) in [6, 6.07) is 11.1. The molecule has 0 unspecified atom stereocenters. The molecule has 0 bridgehead atoms. The molecular formula is C17H10Br3NO3. The fourth-order valence-electron chi connectivity index (χ4n) is 2.18. The Balaban J connectivity index is 2.02. The molecule has 0 radical (unpaired) electrons. The molecule has 0 amide bonds. The Morgan fingerprint density at radius 1 is 1.08 bits per heavy atom. The highest BCUT2D eigenvalue weighted by molar-refractivity contribution is 9.11. The maximum atomic E-state index is 12.1. The minimum Gasteiger partial charge on any atom is -0.495 e. The van der Waals surface area contributed by atoms with E-state index >= 15 is 0 Å². The third kappa shape index (κ3) is 3.63. The molecule has 1 aliphatic rings. The zero-order chi connectivity index (χ0) is 17.3. The van der Waals surface area contributed by atoms with Gasteiger partial charge in [-0.1, -0.05) is 31.9 Å². The number of carbonyl (C=O) groups excluding carboxylic acids is 1. The first kappa shape index (κ1) is 17.4. The molecule has 4 nitrogen and oxygen atoms in total. The average molecular weight is 516 g/mol. The van der Waals surface area contributed by atoms with Crippen molar-refractivity contribution in [2.24, 2.45) is 4.99 Å². The number of cyclic esters (lactones) is 1. The van der Waals surface area contributed by atoms with Crippen LogP contribution in [0, 0.1) is 0 Å². The summed E-state index contributed by atoms with van der Waals surface area (Å²) in [7, 11) is 1.57. The molecule has 2 aromatic carbocycles. The van der Waals surface area contributed by atoms with Crippen LogP contribution in [0.1, 0.15) is 11.1 Å². The van der Waals surface area contributed by atoms with Crippen molar-refractivity contribution in [3.05, 3.63) is 66.6 Å². The van der Waals surface area contributed by atoms with Crippen molar-refractivity contribution in [1.29, 1.82) is 0 Å². The Kier molecular flexibility index (Phi) is 5.22. The van der Waals surface area contributed by atoms with E-state index in [1.54, 1.807) is 13.2 Å². The molecule has 0 fully saturated rings. The van der Waals surface area contributed by atoms with Crippen molar-refractivity contribution in [3.63, 3.8) is 0 Å². The Morgan fingerprint density at radius 3 is 2.46 bits per heavy atom. The molecule has 0 aromatic heterocycles. The van der Waals surface area contributed by atoms with Gasteiger partial charge < -0.3 is 9.47 Å². The predicted molar refractivity (Wildman–Crippen MR) is 103 cm³/mol. The zero-order valence-corrected chi connectivity index (χ0v) is 17.1. The van der Waals surface area contributed by atoms with Crippen LogP contribution in [0.3, 0.4) is 0 Å². The van der Waals surface area contributed by atoms with Gasteiger partial charge in [-0.25, -0.2) is 9.79 Å². The summed E-state index contributed by atoms with van der Waals surface area (Å²) in [5, 5.41) is 0. The molecule has 0 spiro atoms. The van der Waals surface area contributed by atoms with Gasteiger partial charge in [-0.15, -0.1) is 0 Å². The van der Waals surface area contributed by atoms with E-state index in [9.17, 15) is 4.79 Å². The number of benzene rings is 2. The van der Waals surface area contributed by atoms with E-state index in [0.717, 1.165) is 19.0 Å². The lowest BCUT2D eigenvalue weighted by molar-refractivity contribution is -0.129. The Bertz CT molecular complexity index is 873. The summed E-state index contributed by atoms with van der Waals surface area (Å²) < 4.78 is 13.2. The maximum absolute atomic E-state index is 12.1. The number of nitrogens with zero attached hydrogens (tertiary/aromatic N) is 1. The molecule has 24 heavy (non-hydrogen) atoms. The van der Waals surface area contributed by atoms with Crippen molar-refractivity contribution < 1.29 is 14.3 Å². The Morgan fingerprint density at radius 2 is 1.79 bits per heavy atom. The van der Waals surface area contributed by atoms with Gasteiger partial charge in [0, 0.05) is 20.1 Å². The molecular weight excluding hydrogens is 506 g/mol. The van der Waals surface area contributed by atoms with Crippen LogP contribution in [-0.4, -0.2) is 19.0 Å². The highest BCUT2D eigenvalue weighted by Gasteiger charge is 2.24. The molecule has 0 saturated heterocycles. The molecule has 0 saturated carbocycles. The highest BCUT2D eigenvalue weighted by atomic mass is 79.9. The van der Waals surface area contributed by atoms with Gasteiger partial charge >= 0.3 is 5.97 Å². The third-order valence-corrected chi connectivity index (χ3v) is 4.82. The summed E-state index contributed by atoms with van der Waals surface area (Å²) in [5.41, 5.74) is 1.67. The minimum atomic E-state index is -0.494. The van der Waals surface area contributed by atoms with E-state index < -0.39 is 5.97 Å². The average Bonchev–Trinajstić information content (AvgIpc) is 2.88. The molecule has 122 valence electrons. The SMILES string of the molecule is COc1c(Br)cc(Br)cc1/C=C1\N=C(c2ccc(Br)cc2)OC1=O. The van der Waals surface area contributed by atoms with Gasteiger partial charge in [0.2, 0.25) is 5.90 Å². The first-order chi connectivity index (χ1) is 11.5. The van der Waals surface area contributed by atoms with E-state index in [-0.39, 0.29) is 11.6 Å². The molecule has 1 heterocycles. The van der Waals surface area contributed by atoms with Crippen molar-refractivity contribution in [2.75, 3.05) is 7.11 Å². The van der Waals surface area contributed by atoms with Gasteiger partial charge in [0.25, 0.3) is 0 Å². The molecule has 3 rings (SSSR count).